The van der Waals surface area contributed by atoms with Gasteiger partial charge < -0.3 is 10.2 Å². The van der Waals surface area contributed by atoms with Gasteiger partial charge >= 0.3 is 0 Å². The molecule has 1 fully saturated rings. The van der Waals surface area contributed by atoms with Crippen LogP contribution in [0.4, 0.5) is 5.82 Å². The van der Waals surface area contributed by atoms with Gasteiger partial charge in [0.15, 0.2) is 5.82 Å². The van der Waals surface area contributed by atoms with Crippen molar-refractivity contribution in [2.24, 2.45) is 5.92 Å². The van der Waals surface area contributed by atoms with Crippen molar-refractivity contribution >= 4 is 23.1 Å². The molecule has 0 aliphatic carbocycles. The third-order valence-electron chi connectivity index (χ3n) is 3.97. The molecule has 0 saturated carbocycles. The van der Waals surface area contributed by atoms with Gasteiger partial charge in [-0.15, -0.1) is 11.3 Å². The SMILES string of the molecule is O=C(NCc1cccs1)C1CN(c2cc(-n3cccn3)ncn2)C1. The maximum atomic E-state index is 12.2. The highest BCUT2D eigenvalue weighted by Gasteiger charge is 2.33. The quantitative estimate of drug-likeness (QED) is 0.761. The molecular weight excluding hydrogens is 324 g/mol. The van der Waals surface area contributed by atoms with E-state index in [0.717, 1.165) is 11.6 Å². The number of nitrogens with one attached hydrogen (secondary N) is 1. The fraction of sp³-hybridized carbons (Fsp3) is 0.250. The van der Waals surface area contributed by atoms with Gasteiger partial charge in [-0.1, -0.05) is 6.07 Å². The predicted octanol–water partition coefficient (Wildman–Crippen LogP) is 1.48. The van der Waals surface area contributed by atoms with E-state index >= 15 is 0 Å². The van der Waals surface area contributed by atoms with Crippen molar-refractivity contribution in [3.63, 3.8) is 0 Å². The topological polar surface area (TPSA) is 75.9 Å². The summed E-state index contributed by atoms with van der Waals surface area (Å²) in [4.78, 5) is 23.9. The maximum absolute atomic E-state index is 12.2. The number of anilines is 1. The standard InChI is InChI=1S/C16H16N6OS/c23-16(17-8-13-3-1-6-24-13)12-9-21(10-12)14-7-15(19-11-18-14)22-5-2-4-20-22/h1-7,11-12H,8-10H2,(H,17,23). The van der Waals surface area contributed by atoms with Gasteiger partial charge in [-0.25, -0.2) is 14.6 Å². The molecule has 4 heterocycles. The summed E-state index contributed by atoms with van der Waals surface area (Å²) in [7, 11) is 0. The second-order valence-corrected chi connectivity index (χ2v) is 6.62. The monoisotopic (exact) mass is 340 g/mol. The summed E-state index contributed by atoms with van der Waals surface area (Å²) in [5.74, 6) is 1.64. The van der Waals surface area contributed by atoms with Crippen LogP contribution in [0.5, 0.6) is 0 Å². The molecule has 3 aromatic heterocycles. The number of thiophene rings is 1. The molecule has 3 aromatic rings. The largest absolute Gasteiger partial charge is 0.355 e. The van der Waals surface area contributed by atoms with Crippen LogP contribution in [-0.4, -0.2) is 38.7 Å². The Kier molecular flexibility index (Phi) is 3.96. The molecule has 1 aliphatic heterocycles. The number of carbonyl (C=O) groups is 1. The molecule has 8 heteroatoms. The summed E-state index contributed by atoms with van der Waals surface area (Å²) in [5.41, 5.74) is 0. The smallest absolute Gasteiger partial charge is 0.226 e. The predicted molar refractivity (Wildman–Crippen MR) is 91.0 cm³/mol. The van der Waals surface area contributed by atoms with Crippen molar-refractivity contribution in [2.45, 2.75) is 6.54 Å². The summed E-state index contributed by atoms with van der Waals surface area (Å²) in [6.07, 6.45) is 5.07. The van der Waals surface area contributed by atoms with E-state index in [4.69, 9.17) is 0 Å². The van der Waals surface area contributed by atoms with Crippen LogP contribution in [-0.2, 0) is 11.3 Å². The van der Waals surface area contributed by atoms with Crippen molar-refractivity contribution in [3.8, 4) is 5.82 Å². The Morgan fingerprint density at radius 1 is 1.29 bits per heavy atom. The van der Waals surface area contributed by atoms with Crippen molar-refractivity contribution in [3.05, 3.63) is 53.2 Å². The second-order valence-electron chi connectivity index (χ2n) is 5.58. The Morgan fingerprint density at radius 3 is 2.92 bits per heavy atom. The minimum absolute atomic E-state index is 0.00748. The summed E-state index contributed by atoms with van der Waals surface area (Å²) in [5, 5.41) is 9.17. The Hall–Kier alpha value is -2.74. The number of rotatable bonds is 5. The molecule has 0 unspecified atom stereocenters. The minimum Gasteiger partial charge on any atom is -0.355 e. The molecule has 1 amide bonds. The summed E-state index contributed by atoms with van der Waals surface area (Å²) in [6, 6.07) is 7.74. The van der Waals surface area contributed by atoms with E-state index in [-0.39, 0.29) is 11.8 Å². The molecule has 122 valence electrons. The molecule has 0 atom stereocenters. The van der Waals surface area contributed by atoms with E-state index in [9.17, 15) is 4.79 Å². The number of hydrogen-bond acceptors (Lipinski definition) is 6. The van der Waals surface area contributed by atoms with Gasteiger partial charge in [-0.05, 0) is 17.5 Å². The molecule has 24 heavy (non-hydrogen) atoms. The Labute approximate surface area is 143 Å². The third-order valence-corrected chi connectivity index (χ3v) is 4.85. The lowest BCUT2D eigenvalue weighted by atomic mass is 9.99. The number of nitrogens with zero attached hydrogens (tertiary/aromatic N) is 5. The lowest BCUT2D eigenvalue weighted by Crippen LogP contribution is -2.54. The van der Waals surface area contributed by atoms with Crippen LogP contribution >= 0.6 is 11.3 Å². The molecule has 7 nitrogen and oxygen atoms in total. The first kappa shape index (κ1) is 14.8. The van der Waals surface area contributed by atoms with Crippen molar-refractivity contribution in [1.82, 2.24) is 25.1 Å². The van der Waals surface area contributed by atoms with Crippen LogP contribution in [0.25, 0.3) is 5.82 Å². The zero-order valence-corrected chi connectivity index (χ0v) is 13.7. The Bertz CT molecular complexity index is 811. The van der Waals surface area contributed by atoms with Crippen LogP contribution in [0.15, 0.2) is 48.4 Å². The number of amides is 1. The lowest BCUT2D eigenvalue weighted by Gasteiger charge is -2.39. The summed E-state index contributed by atoms with van der Waals surface area (Å²) in [6.45, 7) is 1.95. The number of hydrogen-bond donors (Lipinski definition) is 1. The first-order valence-electron chi connectivity index (χ1n) is 7.67. The molecule has 1 aliphatic rings. The molecule has 1 N–H and O–H groups in total. The molecule has 1 saturated heterocycles. The molecule has 0 radical (unpaired) electrons. The minimum atomic E-state index is 0.00748. The zero-order valence-electron chi connectivity index (χ0n) is 12.9. The normalized spacial score (nSPS) is 14.4. The summed E-state index contributed by atoms with van der Waals surface area (Å²) >= 11 is 1.65. The Morgan fingerprint density at radius 2 is 2.17 bits per heavy atom. The molecule has 4 rings (SSSR count). The highest BCUT2D eigenvalue weighted by atomic mass is 32.1. The summed E-state index contributed by atoms with van der Waals surface area (Å²) < 4.78 is 1.69. The van der Waals surface area contributed by atoms with Gasteiger partial charge in [0.05, 0.1) is 12.5 Å². The average Bonchev–Trinajstić information content (AvgIpc) is 3.25. The second kappa shape index (κ2) is 6.40. The number of aromatic nitrogens is 4. The first-order valence-corrected chi connectivity index (χ1v) is 8.54. The zero-order chi connectivity index (χ0) is 16.4. The van der Waals surface area contributed by atoms with Gasteiger partial charge in [0.25, 0.3) is 0 Å². The number of carbonyl (C=O) groups excluding carboxylic acids is 1. The van der Waals surface area contributed by atoms with Crippen LogP contribution in [0.2, 0.25) is 0 Å². The van der Waals surface area contributed by atoms with Crippen LogP contribution < -0.4 is 10.2 Å². The molecular formula is C16H16N6OS. The van der Waals surface area contributed by atoms with E-state index in [1.54, 1.807) is 22.2 Å². The van der Waals surface area contributed by atoms with E-state index in [1.165, 1.54) is 11.2 Å². The molecule has 0 spiro atoms. The van der Waals surface area contributed by atoms with Crippen molar-refractivity contribution in [1.29, 1.82) is 0 Å². The fourth-order valence-corrected chi connectivity index (χ4v) is 3.25. The van der Waals surface area contributed by atoms with E-state index in [1.807, 2.05) is 35.8 Å². The van der Waals surface area contributed by atoms with Crippen LogP contribution in [0, 0.1) is 5.92 Å². The highest BCUT2D eigenvalue weighted by molar-refractivity contribution is 7.09. The van der Waals surface area contributed by atoms with Gasteiger partial charge in [0, 0.05) is 36.4 Å². The van der Waals surface area contributed by atoms with Crippen LogP contribution in [0.1, 0.15) is 4.88 Å². The van der Waals surface area contributed by atoms with Crippen molar-refractivity contribution in [2.75, 3.05) is 18.0 Å². The molecule has 0 bridgehead atoms. The van der Waals surface area contributed by atoms with E-state index < -0.39 is 0 Å². The fourth-order valence-electron chi connectivity index (χ4n) is 2.60. The highest BCUT2D eigenvalue weighted by Crippen LogP contribution is 2.23. The van der Waals surface area contributed by atoms with Crippen molar-refractivity contribution < 1.29 is 4.79 Å². The van der Waals surface area contributed by atoms with Gasteiger partial charge in [0.2, 0.25) is 5.91 Å². The Balaban J connectivity index is 1.34. The van der Waals surface area contributed by atoms with E-state index in [2.05, 4.69) is 25.3 Å². The maximum Gasteiger partial charge on any atom is 0.226 e. The van der Waals surface area contributed by atoms with Gasteiger partial charge in [-0.2, -0.15) is 5.10 Å². The lowest BCUT2D eigenvalue weighted by molar-refractivity contribution is -0.125. The van der Waals surface area contributed by atoms with E-state index in [0.29, 0.717) is 19.6 Å². The van der Waals surface area contributed by atoms with Gasteiger partial charge in [-0.3, -0.25) is 4.79 Å². The molecule has 0 aromatic carbocycles. The van der Waals surface area contributed by atoms with Gasteiger partial charge in [0.1, 0.15) is 12.1 Å². The third kappa shape index (κ3) is 3.00. The van der Waals surface area contributed by atoms with Crippen LogP contribution in [0.3, 0.4) is 0 Å². The average molecular weight is 340 g/mol. The first-order chi connectivity index (χ1) is 11.8.